The van der Waals surface area contributed by atoms with Crippen molar-refractivity contribution in [1.29, 1.82) is 0 Å². The van der Waals surface area contributed by atoms with E-state index in [9.17, 15) is 5.11 Å². The van der Waals surface area contributed by atoms with E-state index in [-0.39, 0.29) is 11.9 Å². The molecule has 0 radical (unpaired) electrons. The number of rotatable bonds is 1. The lowest BCUT2D eigenvalue weighted by Gasteiger charge is -2.40. The molecule has 2 heterocycles. The zero-order valence-corrected chi connectivity index (χ0v) is 10.9. The fraction of sp³-hybridized carbons (Fsp3) is 0.600. The molecule has 0 aromatic heterocycles. The largest absolute Gasteiger partial charge is 0.504 e. The van der Waals surface area contributed by atoms with E-state index >= 15 is 0 Å². The normalized spacial score (nSPS) is 28.5. The predicted octanol–water partition coefficient (Wildman–Crippen LogP) is 2.57. The minimum Gasteiger partial charge on any atom is -0.504 e. The highest BCUT2D eigenvalue weighted by molar-refractivity contribution is 5.46. The zero-order valence-electron chi connectivity index (χ0n) is 10.9. The lowest BCUT2D eigenvalue weighted by Crippen LogP contribution is -2.48. The Kier molecular flexibility index (Phi) is 3.16. The van der Waals surface area contributed by atoms with Crippen LogP contribution in [-0.4, -0.2) is 35.7 Å². The maximum Gasteiger partial charge on any atom is 0.164 e. The van der Waals surface area contributed by atoms with Gasteiger partial charge in [0.15, 0.2) is 11.5 Å². The molecule has 0 bridgehead atoms. The summed E-state index contributed by atoms with van der Waals surface area (Å²) in [6.45, 7) is 1.16. The summed E-state index contributed by atoms with van der Waals surface area (Å²) in [6.07, 6.45) is 6.11. The minimum atomic E-state index is 0.232. The number of hydrogen-bond donors (Lipinski definition) is 1. The SMILES string of the molecule is CN1CCCC[C@H]1[C@@H]1CCc2cccc(O)c2O1. The van der Waals surface area contributed by atoms with Crippen molar-refractivity contribution in [2.24, 2.45) is 0 Å². The number of piperidine rings is 1. The van der Waals surface area contributed by atoms with Crippen molar-refractivity contribution >= 4 is 0 Å². The van der Waals surface area contributed by atoms with Gasteiger partial charge in [-0.15, -0.1) is 0 Å². The number of phenols is 1. The first-order valence-electron chi connectivity index (χ1n) is 6.93. The molecule has 2 atom stereocenters. The molecule has 1 N–H and O–H groups in total. The van der Waals surface area contributed by atoms with E-state index in [4.69, 9.17) is 4.74 Å². The molecular formula is C15H21NO2. The molecule has 1 fully saturated rings. The van der Waals surface area contributed by atoms with Gasteiger partial charge in [0, 0.05) is 6.04 Å². The van der Waals surface area contributed by atoms with Crippen molar-refractivity contribution < 1.29 is 9.84 Å². The lowest BCUT2D eigenvalue weighted by molar-refractivity contribution is 0.0429. The monoisotopic (exact) mass is 247 g/mol. The molecule has 3 rings (SSSR count). The molecule has 2 aliphatic heterocycles. The Hall–Kier alpha value is -1.22. The molecule has 0 unspecified atom stereocenters. The van der Waals surface area contributed by atoms with Crippen LogP contribution in [0.4, 0.5) is 0 Å². The van der Waals surface area contributed by atoms with Gasteiger partial charge < -0.3 is 9.84 Å². The Morgan fingerprint density at radius 2 is 2.17 bits per heavy atom. The molecule has 98 valence electrons. The summed E-state index contributed by atoms with van der Waals surface area (Å²) in [7, 11) is 2.19. The highest BCUT2D eigenvalue weighted by Crippen LogP contribution is 2.37. The summed E-state index contributed by atoms with van der Waals surface area (Å²) < 4.78 is 6.08. The van der Waals surface area contributed by atoms with E-state index in [0.29, 0.717) is 11.8 Å². The van der Waals surface area contributed by atoms with Gasteiger partial charge in [0.1, 0.15) is 6.10 Å². The van der Waals surface area contributed by atoms with Crippen molar-refractivity contribution in [3.8, 4) is 11.5 Å². The van der Waals surface area contributed by atoms with Gasteiger partial charge >= 0.3 is 0 Å². The van der Waals surface area contributed by atoms with Crippen molar-refractivity contribution in [3.63, 3.8) is 0 Å². The summed E-state index contributed by atoms with van der Waals surface area (Å²) in [5, 5.41) is 9.90. The van der Waals surface area contributed by atoms with Crippen LogP contribution in [0.3, 0.4) is 0 Å². The van der Waals surface area contributed by atoms with Crippen LogP contribution in [0.5, 0.6) is 11.5 Å². The summed E-state index contributed by atoms with van der Waals surface area (Å²) in [5.41, 5.74) is 1.14. The molecule has 2 aliphatic rings. The smallest absolute Gasteiger partial charge is 0.164 e. The van der Waals surface area contributed by atoms with Crippen LogP contribution >= 0.6 is 0 Å². The number of nitrogens with zero attached hydrogens (tertiary/aromatic N) is 1. The van der Waals surface area contributed by atoms with E-state index in [2.05, 4.69) is 18.0 Å². The Balaban J connectivity index is 1.79. The van der Waals surface area contributed by atoms with Gasteiger partial charge in [-0.2, -0.15) is 0 Å². The number of ether oxygens (including phenoxy) is 1. The van der Waals surface area contributed by atoms with Crippen LogP contribution in [0.2, 0.25) is 0 Å². The number of hydrogen-bond acceptors (Lipinski definition) is 3. The Morgan fingerprint density at radius 1 is 1.28 bits per heavy atom. The quantitative estimate of drug-likeness (QED) is 0.828. The number of benzene rings is 1. The molecule has 0 amide bonds. The number of aromatic hydroxyl groups is 1. The third kappa shape index (κ3) is 2.07. The first-order chi connectivity index (χ1) is 8.75. The first-order valence-corrected chi connectivity index (χ1v) is 6.93. The topological polar surface area (TPSA) is 32.7 Å². The maximum absolute atomic E-state index is 9.90. The van der Waals surface area contributed by atoms with E-state index in [1.165, 1.54) is 19.3 Å². The lowest BCUT2D eigenvalue weighted by atomic mass is 9.91. The van der Waals surface area contributed by atoms with Crippen LogP contribution < -0.4 is 4.74 Å². The molecule has 0 spiro atoms. The van der Waals surface area contributed by atoms with Crippen LogP contribution in [0.1, 0.15) is 31.2 Å². The molecule has 1 aromatic carbocycles. The summed E-state index contributed by atoms with van der Waals surface area (Å²) in [6, 6.07) is 6.16. The number of phenolic OH excluding ortho intramolecular Hbond substituents is 1. The summed E-state index contributed by atoms with van der Waals surface area (Å²) in [5.74, 6) is 1.00. The Morgan fingerprint density at radius 3 is 3.00 bits per heavy atom. The molecule has 1 saturated heterocycles. The number of aryl methyl sites for hydroxylation is 1. The van der Waals surface area contributed by atoms with Gasteiger partial charge in [-0.25, -0.2) is 0 Å². The first kappa shape index (κ1) is 11.8. The molecule has 0 saturated carbocycles. The van der Waals surface area contributed by atoms with Crippen molar-refractivity contribution in [2.45, 2.75) is 44.2 Å². The van der Waals surface area contributed by atoms with E-state index < -0.39 is 0 Å². The average Bonchev–Trinajstić information content (AvgIpc) is 2.40. The fourth-order valence-electron chi connectivity index (χ4n) is 3.25. The van der Waals surface area contributed by atoms with Gasteiger partial charge in [0.05, 0.1) is 0 Å². The second-order valence-electron chi connectivity index (χ2n) is 5.50. The van der Waals surface area contributed by atoms with Gasteiger partial charge in [-0.1, -0.05) is 18.6 Å². The maximum atomic E-state index is 9.90. The van der Waals surface area contributed by atoms with Gasteiger partial charge in [0.25, 0.3) is 0 Å². The minimum absolute atomic E-state index is 0.232. The van der Waals surface area contributed by atoms with E-state index in [1.54, 1.807) is 6.07 Å². The molecule has 18 heavy (non-hydrogen) atoms. The number of fused-ring (bicyclic) bond motifs is 1. The zero-order chi connectivity index (χ0) is 12.5. The molecule has 1 aromatic rings. The second kappa shape index (κ2) is 4.81. The third-order valence-electron chi connectivity index (χ3n) is 4.30. The predicted molar refractivity (Wildman–Crippen MR) is 71.1 cm³/mol. The summed E-state index contributed by atoms with van der Waals surface area (Å²) >= 11 is 0. The Bertz CT molecular complexity index is 433. The van der Waals surface area contributed by atoms with E-state index in [0.717, 1.165) is 24.9 Å². The number of likely N-dealkylation sites (N-methyl/N-ethyl adjacent to an activating group) is 1. The summed E-state index contributed by atoms with van der Waals surface area (Å²) in [4.78, 5) is 2.42. The highest BCUT2D eigenvalue weighted by atomic mass is 16.5. The Labute approximate surface area is 108 Å². The van der Waals surface area contributed by atoms with Crippen molar-refractivity contribution in [2.75, 3.05) is 13.6 Å². The second-order valence-corrected chi connectivity index (χ2v) is 5.50. The molecular weight excluding hydrogens is 226 g/mol. The standard InChI is InChI=1S/C15H21NO2/c1-16-10-3-2-6-12(16)14-9-8-11-5-4-7-13(17)15(11)18-14/h4-5,7,12,14,17H,2-3,6,8-10H2,1H3/t12-,14-/m0/s1. The highest BCUT2D eigenvalue weighted by Gasteiger charge is 2.32. The van der Waals surface area contributed by atoms with Crippen molar-refractivity contribution in [1.82, 2.24) is 4.90 Å². The fourth-order valence-corrected chi connectivity index (χ4v) is 3.25. The van der Waals surface area contributed by atoms with Crippen LogP contribution in [-0.2, 0) is 6.42 Å². The van der Waals surface area contributed by atoms with Crippen molar-refractivity contribution in [3.05, 3.63) is 23.8 Å². The van der Waals surface area contributed by atoms with Crippen LogP contribution in [0.25, 0.3) is 0 Å². The van der Waals surface area contributed by atoms with Crippen LogP contribution in [0.15, 0.2) is 18.2 Å². The molecule has 3 nitrogen and oxygen atoms in total. The average molecular weight is 247 g/mol. The number of para-hydroxylation sites is 1. The van der Waals surface area contributed by atoms with Crippen LogP contribution in [0, 0.1) is 0 Å². The third-order valence-corrected chi connectivity index (χ3v) is 4.30. The van der Waals surface area contributed by atoms with E-state index in [1.807, 2.05) is 6.07 Å². The van der Waals surface area contributed by atoms with Gasteiger partial charge in [-0.05, 0) is 50.9 Å². The molecule has 0 aliphatic carbocycles. The van der Waals surface area contributed by atoms with Gasteiger partial charge in [0.2, 0.25) is 0 Å². The number of likely N-dealkylation sites (tertiary alicyclic amines) is 1. The van der Waals surface area contributed by atoms with Gasteiger partial charge in [-0.3, -0.25) is 4.90 Å². The molecule has 3 heteroatoms.